The fraction of sp³-hybridized carbons (Fsp3) is 0.500. The van der Waals surface area contributed by atoms with Crippen LogP contribution in [0.5, 0.6) is 0 Å². The monoisotopic (exact) mass is 350 g/mol. The molecule has 9 heteroatoms. The van der Waals surface area contributed by atoms with Gasteiger partial charge in [-0.05, 0) is 12.1 Å². The number of nitrogens with one attached hydrogen (secondary N) is 1. The molecule has 120 valence electrons. The van der Waals surface area contributed by atoms with Gasteiger partial charge in [0.25, 0.3) is 0 Å². The second-order valence-electron chi connectivity index (χ2n) is 4.49. The summed E-state index contributed by atoms with van der Waals surface area (Å²) in [6, 6.07) is -0.675. The Labute approximate surface area is 129 Å². The fourth-order valence-corrected chi connectivity index (χ4v) is 2.45. The van der Waals surface area contributed by atoms with Crippen molar-refractivity contribution in [1.29, 1.82) is 0 Å². The van der Waals surface area contributed by atoms with Crippen molar-refractivity contribution in [3.05, 3.63) is 34.4 Å². The highest BCUT2D eigenvalue weighted by Crippen LogP contribution is 2.41. The molecule has 1 aliphatic rings. The van der Waals surface area contributed by atoms with Crippen LogP contribution in [0.4, 0.5) is 22.0 Å². The maximum absolute atomic E-state index is 13.9. The summed E-state index contributed by atoms with van der Waals surface area (Å²) < 4.78 is 67.3. The van der Waals surface area contributed by atoms with Crippen LogP contribution in [-0.4, -0.2) is 37.3 Å². The molecule has 1 aromatic rings. The molecule has 1 aromatic carbocycles. The zero-order chi connectivity index (χ0) is 14.9. The van der Waals surface area contributed by atoms with Gasteiger partial charge in [0.2, 0.25) is 0 Å². The molecule has 1 aliphatic heterocycles. The molecule has 1 fully saturated rings. The van der Waals surface area contributed by atoms with E-state index in [1.54, 1.807) is 0 Å². The van der Waals surface area contributed by atoms with Crippen molar-refractivity contribution in [2.24, 2.45) is 0 Å². The van der Waals surface area contributed by atoms with E-state index >= 15 is 0 Å². The summed E-state index contributed by atoms with van der Waals surface area (Å²) in [7, 11) is 0. The van der Waals surface area contributed by atoms with Gasteiger partial charge in [0.15, 0.2) is 0 Å². The molecular formula is C12H13Cl2F5N2. The van der Waals surface area contributed by atoms with Crippen LogP contribution in [0.15, 0.2) is 12.1 Å². The average Bonchev–Trinajstić information content (AvgIpc) is 2.39. The van der Waals surface area contributed by atoms with Gasteiger partial charge in [-0.2, -0.15) is 13.2 Å². The Balaban J connectivity index is 0.00000220. The first-order valence-corrected chi connectivity index (χ1v) is 6.35. The Kier molecular flexibility index (Phi) is 6.22. The minimum Gasteiger partial charge on any atom is -0.314 e. The van der Waals surface area contributed by atoms with Crippen LogP contribution in [-0.2, 0) is 0 Å². The van der Waals surface area contributed by atoms with E-state index in [0.717, 1.165) is 17.0 Å². The van der Waals surface area contributed by atoms with Crippen molar-refractivity contribution in [2.75, 3.05) is 26.2 Å². The smallest absolute Gasteiger partial charge is 0.314 e. The second-order valence-corrected chi connectivity index (χ2v) is 4.89. The van der Waals surface area contributed by atoms with Crippen LogP contribution < -0.4 is 5.32 Å². The highest BCUT2D eigenvalue weighted by Gasteiger charge is 2.47. The molecule has 0 amide bonds. The molecule has 1 saturated heterocycles. The zero-order valence-corrected chi connectivity index (χ0v) is 12.3. The molecular weight excluding hydrogens is 338 g/mol. The van der Waals surface area contributed by atoms with Crippen LogP contribution in [0.25, 0.3) is 0 Å². The van der Waals surface area contributed by atoms with Gasteiger partial charge in [-0.15, -0.1) is 12.4 Å². The van der Waals surface area contributed by atoms with E-state index in [4.69, 9.17) is 11.6 Å². The molecule has 0 aromatic heterocycles. The first-order valence-electron chi connectivity index (χ1n) is 5.97. The summed E-state index contributed by atoms with van der Waals surface area (Å²) in [6.07, 6.45) is -4.79. The minimum absolute atomic E-state index is 0. The van der Waals surface area contributed by atoms with E-state index in [-0.39, 0.29) is 25.5 Å². The molecule has 0 saturated carbocycles. The van der Waals surface area contributed by atoms with Crippen molar-refractivity contribution in [1.82, 2.24) is 10.2 Å². The SMILES string of the molecule is Cl.Fc1ccc(Cl)c(F)c1[C@H](N1CCNCC1)C(F)(F)F. The van der Waals surface area contributed by atoms with Gasteiger partial charge in [0.05, 0.1) is 10.6 Å². The van der Waals surface area contributed by atoms with Crippen molar-refractivity contribution in [2.45, 2.75) is 12.2 Å². The number of halogens is 7. The van der Waals surface area contributed by atoms with Crippen LogP contribution >= 0.6 is 24.0 Å². The first kappa shape index (κ1) is 18.4. The fourth-order valence-electron chi connectivity index (χ4n) is 2.29. The maximum Gasteiger partial charge on any atom is 0.408 e. The molecule has 21 heavy (non-hydrogen) atoms. The van der Waals surface area contributed by atoms with Gasteiger partial charge in [-0.25, -0.2) is 8.78 Å². The van der Waals surface area contributed by atoms with Gasteiger partial charge >= 0.3 is 6.18 Å². The molecule has 0 bridgehead atoms. The largest absolute Gasteiger partial charge is 0.408 e. The Bertz CT molecular complexity index is 489. The van der Waals surface area contributed by atoms with Gasteiger partial charge < -0.3 is 5.32 Å². The number of piperazine rings is 1. The quantitative estimate of drug-likeness (QED) is 0.648. The van der Waals surface area contributed by atoms with Crippen molar-refractivity contribution < 1.29 is 22.0 Å². The number of hydrogen-bond donors (Lipinski definition) is 1. The van der Waals surface area contributed by atoms with Crippen molar-refractivity contribution in [3.63, 3.8) is 0 Å². The summed E-state index contributed by atoms with van der Waals surface area (Å²) >= 11 is 5.48. The summed E-state index contributed by atoms with van der Waals surface area (Å²) in [5, 5.41) is 2.37. The molecule has 1 atom stereocenters. The van der Waals surface area contributed by atoms with Gasteiger partial charge in [0, 0.05) is 26.2 Å². The summed E-state index contributed by atoms with van der Waals surface area (Å²) in [4.78, 5) is 1.01. The van der Waals surface area contributed by atoms with E-state index in [2.05, 4.69) is 5.32 Å². The van der Waals surface area contributed by atoms with Gasteiger partial charge in [0.1, 0.15) is 17.7 Å². The number of hydrogen-bond acceptors (Lipinski definition) is 2. The lowest BCUT2D eigenvalue weighted by atomic mass is 10.0. The normalized spacial score (nSPS) is 18.2. The molecule has 0 spiro atoms. The lowest BCUT2D eigenvalue weighted by Crippen LogP contribution is -2.49. The van der Waals surface area contributed by atoms with Crippen LogP contribution in [0.3, 0.4) is 0 Å². The minimum atomic E-state index is -4.79. The predicted molar refractivity (Wildman–Crippen MR) is 71.9 cm³/mol. The lowest BCUT2D eigenvalue weighted by molar-refractivity contribution is -0.189. The third kappa shape index (κ3) is 3.97. The van der Waals surface area contributed by atoms with Crippen molar-refractivity contribution >= 4 is 24.0 Å². The van der Waals surface area contributed by atoms with E-state index < -0.39 is 34.4 Å². The number of alkyl halides is 3. The molecule has 0 aliphatic carbocycles. The predicted octanol–water partition coefficient (Wildman–Crippen LogP) is 3.55. The van der Waals surface area contributed by atoms with Gasteiger partial charge in [-0.1, -0.05) is 11.6 Å². The highest BCUT2D eigenvalue weighted by molar-refractivity contribution is 6.30. The average molecular weight is 351 g/mol. The molecule has 2 nitrogen and oxygen atoms in total. The standard InChI is InChI=1S/C12H12ClF5N2.ClH/c13-7-1-2-8(14)9(10(7)15)11(12(16,17)18)20-5-3-19-4-6-20;/h1-2,11,19H,3-6H2;1H/t11-;/m0./s1. The maximum atomic E-state index is 13.9. The first-order chi connectivity index (χ1) is 9.32. The zero-order valence-electron chi connectivity index (χ0n) is 10.7. The second kappa shape index (κ2) is 7.09. The third-order valence-electron chi connectivity index (χ3n) is 3.18. The van der Waals surface area contributed by atoms with E-state index in [0.29, 0.717) is 13.1 Å². The molecule has 1 heterocycles. The number of benzene rings is 1. The molecule has 2 rings (SSSR count). The topological polar surface area (TPSA) is 15.3 Å². The molecule has 0 unspecified atom stereocenters. The number of rotatable bonds is 2. The van der Waals surface area contributed by atoms with E-state index in [1.165, 1.54) is 0 Å². The Morgan fingerprint density at radius 3 is 2.24 bits per heavy atom. The van der Waals surface area contributed by atoms with Crippen LogP contribution in [0, 0.1) is 11.6 Å². The third-order valence-corrected chi connectivity index (χ3v) is 3.47. The number of nitrogens with zero attached hydrogens (tertiary/aromatic N) is 1. The Morgan fingerprint density at radius 1 is 1.14 bits per heavy atom. The Hall–Kier alpha value is -0.630. The summed E-state index contributed by atoms with van der Waals surface area (Å²) in [6.45, 7) is 0.762. The van der Waals surface area contributed by atoms with E-state index in [1.807, 2.05) is 0 Å². The summed E-state index contributed by atoms with van der Waals surface area (Å²) in [5.41, 5.74) is -1.04. The van der Waals surface area contributed by atoms with Gasteiger partial charge in [-0.3, -0.25) is 4.90 Å². The molecule has 1 N–H and O–H groups in total. The lowest BCUT2D eigenvalue weighted by Gasteiger charge is -2.36. The van der Waals surface area contributed by atoms with Crippen molar-refractivity contribution in [3.8, 4) is 0 Å². The summed E-state index contributed by atoms with van der Waals surface area (Å²) in [5.74, 6) is -2.60. The molecule has 0 radical (unpaired) electrons. The highest BCUT2D eigenvalue weighted by atomic mass is 35.5. The van der Waals surface area contributed by atoms with E-state index in [9.17, 15) is 22.0 Å². The van der Waals surface area contributed by atoms with Crippen LogP contribution in [0.1, 0.15) is 11.6 Å². The van der Waals surface area contributed by atoms with Crippen LogP contribution in [0.2, 0.25) is 5.02 Å². The Morgan fingerprint density at radius 2 is 1.71 bits per heavy atom.